The second kappa shape index (κ2) is 3.73. The van der Waals surface area contributed by atoms with Gasteiger partial charge in [-0.2, -0.15) is 0 Å². The predicted octanol–water partition coefficient (Wildman–Crippen LogP) is 3.03. The summed E-state index contributed by atoms with van der Waals surface area (Å²) in [5, 5.41) is 0.0179. The molecule has 0 fully saturated rings. The molecule has 14 heavy (non-hydrogen) atoms. The van der Waals surface area contributed by atoms with E-state index in [2.05, 4.69) is 0 Å². The van der Waals surface area contributed by atoms with Crippen molar-refractivity contribution in [2.75, 3.05) is 0 Å². The van der Waals surface area contributed by atoms with Crippen LogP contribution in [0.25, 0.3) is 0 Å². The van der Waals surface area contributed by atoms with Crippen LogP contribution in [0.15, 0.2) is 18.2 Å². The highest BCUT2D eigenvalue weighted by Crippen LogP contribution is 2.31. The van der Waals surface area contributed by atoms with Crippen molar-refractivity contribution in [3.63, 3.8) is 0 Å². The lowest BCUT2D eigenvalue weighted by Gasteiger charge is -2.21. The second-order valence-electron chi connectivity index (χ2n) is 3.37. The fraction of sp³-hybridized carbons (Fsp3) is 0.364. The van der Waals surface area contributed by atoms with Crippen LogP contribution in [-0.2, 0) is 5.75 Å². The topological polar surface area (TPSA) is 17.1 Å². The van der Waals surface area contributed by atoms with Crippen LogP contribution in [-0.4, -0.2) is 11.0 Å². The molecule has 0 spiro atoms. The minimum Gasteiger partial charge on any atom is -0.293 e. The summed E-state index contributed by atoms with van der Waals surface area (Å²) in [4.78, 5) is 11.8. The zero-order valence-corrected chi connectivity index (χ0v) is 8.73. The van der Waals surface area contributed by atoms with Crippen molar-refractivity contribution in [2.24, 2.45) is 0 Å². The Morgan fingerprint density at radius 2 is 2.36 bits per heavy atom. The Morgan fingerprint density at radius 3 is 3.07 bits per heavy atom. The zero-order chi connectivity index (χ0) is 10.1. The van der Waals surface area contributed by atoms with Crippen molar-refractivity contribution in [3.8, 4) is 0 Å². The van der Waals surface area contributed by atoms with Crippen molar-refractivity contribution in [2.45, 2.75) is 24.3 Å². The first kappa shape index (κ1) is 9.71. The van der Waals surface area contributed by atoms with Gasteiger partial charge >= 0.3 is 0 Å². The van der Waals surface area contributed by atoms with Crippen molar-refractivity contribution in [3.05, 3.63) is 35.1 Å². The number of fused-ring (bicyclic) bond motifs is 1. The fourth-order valence-electron chi connectivity index (χ4n) is 1.65. The molecule has 0 aliphatic carbocycles. The highest BCUT2D eigenvalue weighted by molar-refractivity contribution is 8.00. The molecule has 1 heterocycles. The summed E-state index contributed by atoms with van der Waals surface area (Å²) in [7, 11) is 0. The SMILES string of the molecule is CCC1SCc2ccc(F)cc2C1=O. The Bertz CT molecular complexity index is 376. The van der Waals surface area contributed by atoms with Gasteiger partial charge in [-0.05, 0) is 24.1 Å². The van der Waals surface area contributed by atoms with E-state index in [-0.39, 0.29) is 16.9 Å². The Kier molecular flexibility index (Phi) is 2.59. The normalized spacial score (nSPS) is 20.7. The van der Waals surface area contributed by atoms with Gasteiger partial charge in [0.05, 0.1) is 5.25 Å². The molecule has 0 radical (unpaired) electrons. The molecule has 0 saturated carbocycles. The van der Waals surface area contributed by atoms with E-state index in [4.69, 9.17) is 0 Å². The van der Waals surface area contributed by atoms with Gasteiger partial charge in [0, 0.05) is 11.3 Å². The highest BCUT2D eigenvalue weighted by Gasteiger charge is 2.26. The zero-order valence-electron chi connectivity index (χ0n) is 7.92. The Balaban J connectivity index is 2.43. The van der Waals surface area contributed by atoms with E-state index >= 15 is 0 Å². The maximum absolute atomic E-state index is 12.9. The van der Waals surface area contributed by atoms with Crippen LogP contribution in [0.5, 0.6) is 0 Å². The molecule has 1 aromatic rings. The van der Waals surface area contributed by atoms with Gasteiger partial charge in [-0.25, -0.2) is 4.39 Å². The van der Waals surface area contributed by atoms with Crippen LogP contribution >= 0.6 is 11.8 Å². The Morgan fingerprint density at radius 1 is 1.57 bits per heavy atom. The molecule has 0 aromatic heterocycles. The number of rotatable bonds is 1. The molecular formula is C11H11FOS. The molecule has 0 bridgehead atoms. The maximum atomic E-state index is 12.9. The van der Waals surface area contributed by atoms with Gasteiger partial charge < -0.3 is 0 Å². The first-order chi connectivity index (χ1) is 6.72. The number of Topliss-reactive ketones (excluding diaryl/α,β-unsaturated/α-hetero) is 1. The van der Waals surface area contributed by atoms with Gasteiger partial charge in [0.15, 0.2) is 5.78 Å². The number of ketones is 1. The lowest BCUT2D eigenvalue weighted by Crippen LogP contribution is -2.22. The predicted molar refractivity (Wildman–Crippen MR) is 56.1 cm³/mol. The van der Waals surface area contributed by atoms with Crippen molar-refractivity contribution < 1.29 is 9.18 Å². The molecule has 1 aliphatic rings. The molecule has 1 nitrogen and oxygen atoms in total. The fourth-order valence-corrected chi connectivity index (χ4v) is 2.79. The third-order valence-corrected chi connectivity index (χ3v) is 3.87. The molecule has 0 saturated heterocycles. The summed E-state index contributed by atoms with van der Waals surface area (Å²) in [6, 6.07) is 4.49. The van der Waals surface area contributed by atoms with Gasteiger partial charge in [-0.15, -0.1) is 11.8 Å². The maximum Gasteiger partial charge on any atom is 0.176 e. The first-order valence-electron chi connectivity index (χ1n) is 4.66. The molecule has 1 unspecified atom stereocenters. The monoisotopic (exact) mass is 210 g/mol. The molecule has 3 heteroatoms. The van der Waals surface area contributed by atoms with Crippen molar-refractivity contribution >= 4 is 17.5 Å². The quantitative estimate of drug-likeness (QED) is 0.708. The van der Waals surface area contributed by atoms with Gasteiger partial charge in [0.25, 0.3) is 0 Å². The Hall–Kier alpha value is -0.830. The van der Waals surface area contributed by atoms with E-state index in [1.807, 2.05) is 6.92 Å². The first-order valence-corrected chi connectivity index (χ1v) is 5.71. The molecule has 0 N–H and O–H groups in total. The minimum absolute atomic E-state index is 0.0179. The number of carbonyl (C=O) groups excluding carboxylic acids is 1. The molecular weight excluding hydrogens is 199 g/mol. The number of halogens is 1. The van der Waals surface area contributed by atoms with Gasteiger partial charge in [0.1, 0.15) is 5.82 Å². The lowest BCUT2D eigenvalue weighted by molar-refractivity contribution is 0.0985. The van der Waals surface area contributed by atoms with E-state index in [0.717, 1.165) is 17.7 Å². The number of thioether (sulfide) groups is 1. The van der Waals surface area contributed by atoms with Crippen LogP contribution in [0, 0.1) is 5.82 Å². The molecule has 74 valence electrons. The van der Waals surface area contributed by atoms with Crippen molar-refractivity contribution in [1.82, 2.24) is 0 Å². The summed E-state index contributed by atoms with van der Waals surface area (Å²) < 4.78 is 12.9. The summed E-state index contributed by atoms with van der Waals surface area (Å²) in [6.07, 6.45) is 0.819. The lowest BCUT2D eigenvalue weighted by atomic mass is 10.0. The average molecular weight is 210 g/mol. The molecule has 1 atom stereocenters. The summed E-state index contributed by atoms with van der Waals surface area (Å²) in [5.41, 5.74) is 1.54. The van der Waals surface area contributed by atoms with E-state index in [0.29, 0.717) is 5.56 Å². The third kappa shape index (κ3) is 1.57. The summed E-state index contributed by atoms with van der Waals surface area (Å²) >= 11 is 1.65. The van der Waals surface area contributed by atoms with Gasteiger partial charge in [-0.3, -0.25) is 4.79 Å². The van der Waals surface area contributed by atoms with Gasteiger partial charge in [0.2, 0.25) is 0 Å². The van der Waals surface area contributed by atoms with E-state index in [9.17, 15) is 9.18 Å². The largest absolute Gasteiger partial charge is 0.293 e. The van der Waals surface area contributed by atoms with Crippen LogP contribution in [0.3, 0.4) is 0 Å². The summed E-state index contributed by atoms with van der Waals surface area (Å²) in [5.74, 6) is 0.581. The summed E-state index contributed by atoms with van der Waals surface area (Å²) in [6.45, 7) is 1.99. The van der Waals surface area contributed by atoms with Gasteiger partial charge in [-0.1, -0.05) is 13.0 Å². The molecule has 1 aromatic carbocycles. The third-order valence-electron chi connectivity index (χ3n) is 2.44. The van der Waals surface area contributed by atoms with Crippen LogP contribution in [0.2, 0.25) is 0 Å². The number of hydrogen-bond acceptors (Lipinski definition) is 2. The molecule has 0 amide bonds. The molecule has 2 rings (SSSR count). The number of hydrogen-bond donors (Lipinski definition) is 0. The van der Waals surface area contributed by atoms with E-state index in [1.54, 1.807) is 17.8 Å². The molecule has 1 aliphatic heterocycles. The second-order valence-corrected chi connectivity index (χ2v) is 4.56. The highest BCUT2D eigenvalue weighted by atomic mass is 32.2. The van der Waals surface area contributed by atoms with E-state index in [1.165, 1.54) is 12.1 Å². The van der Waals surface area contributed by atoms with Crippen LogP contribution < -0.4 is 0 Å². The smallest absolute Gasteiger partial charge is 0.176 e. The average Bonchev–Trinajstić information content (AvgIpc) is 2.20. The van der Waals surface area contributed by atoms with Crippen LogP contribution in [0.4, 0.5) is 4.39 Å². The standard InChI is InChI=1S/C11H11FOS/c1-2-10-11(13)9-5-8(12)4-3-7(9)6-14-10/h3-5,10H,2,6H2,1H3. The number of carbonyl (C=O) groups is 1. The minimum atomic E-state index is -0.321. The van der Waals surface area contributed by atoms with Crippen LogP contribution in [0.1, 0.15) is 29.3 Å². The van der Waals surface area contributed by atoms with Crippen molar-refractivity contribution in [1.29, 1.82) is 0 Å². The number of benzene rings is 1. The Labute approximate surface area is 86.7 Å². The van der Waals surface area contributed by atoms with E-state index < -0.39 is 0 Å².